The number of nitrogens with one attached hydrogen (secondary N) is 1. The monoisotopic (exact) mass is 289 g/mol. The van der Waals surface area contributed by atoms with E-state index in [0.717, 1.165) is 11.1 Å². The highest BCUT2D eigenvalue weighted by atomic mass is 19.1. The zero-order valence-electron chi connectivity index (χ0n) is 11.4. The predicted molar refractivity (Wildman–Crippen MR) is 76.1 cm³/mol. The second-order valence-corrected chi connectivity index (χ2v) is 4.49. The Hall–Kier alpha value is -2.40. The van der Waals surface area contributed by atoms with E-state index in [1.54, 1.807) is 12.1 Å². The van der Waals surface area contributed by atoms with E-state index in [4.69, 9.17) is 9.84 Å². The summed E-state index contributed by atoms with van der Waals surface area (Å²) in [5.74, 6) is -0.164. The first-order chi connectivity index (χ1) is 10.2. The lowest BCUT2D eigenvalue weighted by Crippen LogP contribution is -2.28. The Labute approximate surface area is 122 Å². The van der Waals surface area contributed by atoms with Crippen LogP contribution in [0.2, 0.25) is 0 Å². The van der Waals surface area contributed by atoms with Gasteiger partial charge in [0.15, 0.2) is 6.61 Å². The van der Waals surface area contributed by atoms with Gasteiger partial charge in [0.1, 0.15) is 11.6 Å². The van der Waals surface area contributed by atoms with Crippen LogP contribution in [0.1, 0.15) is 11.1 Å². The lowest BCUT2D eigenvalue weighted by Gasteiger charge is -2.08. The highest BCUT2D eigenvalue weighted by Gasteiger charge is 2.03. The largest absolute Gasteiger partial charge is 0.484 e. The van der Waals surface area contributed by atoms with Crippen molar-refractivity contribution >= 4 is 5.91 Å². The number of rotatable bonds is 6. The quantitative estimate of drug-likeness (QED) is 0.855. The van der Waals surface area contributed by atoms with E-state index in [2.05, 4.69) is 5.32 Å². The van der Waals surface area contributed by atoms with Gasteiger partial charge in [-0.1, -0.05) is 24.3 Å². The van der Waals surface area contributed by atoms with Crippen LogP contribution in [-0.2, 0) is 17.9 Å². The summed E-state index contributed by atoms with van der Waals surface area (Å²) in [4.78, 5) is 11.6. The molecule has 0 heterocycles. The third kappa shape index (κ3) is 4.89. The van der Waals surface area contributed by atoms with Gasteiger partial charge in [-0.3, -0.25) is 4.79 Å². The maximum Gasteiger partial charge on any atom is 0.258 e. The summed E-state index contributed by atoms with van der Waals surface area (Å²) < 4.78 is 17.9. The molecular weight excluding hydrogens is 273 g/mol. The molecule has 0 aliphatic carbocycles. The van der Waals surface area contributed by atoms with Crippen molar-refractivity contribution in [2.75, 3.05) is 6.61 Å². The number of aliphatic hydroxyl groups is 1. The molecule has 2 rings (SSSR count). The van der Waals surface area contributed by atoms with Crippen molar-refractivity contribution in [1.29, 1.82) is 0 Å². The Morgan fingerprint density at radius 2 is 1.67 bits per heavy atom. The zero-order chi connectivity index (χ0) is 15.1. The second-order valence-electron chi connectivity index (χ2n) is 4.49. The minimum absolute atomic E-state index is 0.00184. The molecule has 0 spiro atoms. The van der Waals surface area contributed by atoms with Crippen molar-refractivity contribution in [3.63, 3.8) is 0 Å². The molecule has 0 unspecified atom stereocenters. The average Bonchev–Trinajstić information content (AvgIpc) is 2.53. The van der Waals surface area contributed by atoms with Gasteiger partial charge < -0.3 is 15.2 Å². The van der Waals surface area contributed by atoms with Gasteiger partial charge in [0.25, 0.3) is 5.91 Å². The van der Waals surface area contributed by atoms with E-state index in [1.807, 2.05) is 12.1 Å². The summed E-state index contributed by atoms with van der Waals surface area (Å²) in [7, 11) is 0. The molecule has 0 aromatic heterocycles. The molecule has 0 aliphatic heterocycles. The Morgan fingerprint density at radius 3 is 2.29 bits per heavy atom. The van der Waals surface area contributed by atoms with Crippen LogP contribution in [0.15, 0.2) is 48.5 Å². The molecule has 0 fully saturated rings. The molecule has 2 aromatic carbocycles. The van der Waals surface area contributed by atoms with Crippen molar-refractivity contribution < 1.29 is 19.0 Å². The minimum atomic E-state index is -0.349. The predicted octanol–water partition coefficient (Wildman–Crippen LogP) is 2.01. The van der Waals surface area contributed by atoms with Gasteiger partial charge in [-0.25, -0.2) is 4.39 Å². The van der Waals surface area contributed by atoms with Gasteiger partial charge >= 0.3 is 0 Å². The molecule has 2 aromatic rings. The fourth-order valence-electron chi connectivity index (χ4n) is 1.69. The highest BCUT2D eigenvalue weighted by molar-refractivity contribution is 5.77. The Morgan fingerprint density at radius 1 is 1.05 bits per heavy atom. The van der Waals surface area contributed by atoms with Crippen molar-refractivity contribution in [3.8, 4) is 5.75 Å². The van der Waals surface area contributed by atoms with Gasteiger partial charge in [0.05, 0.1) is 6.61 Å². The first kappa shape index (κ1) is 15.0. The molecule has 0 saturated heterocycles. The molecule has 4 nitrogen and oxygen atoms in total. The summed E-state index contributed by atoms with van der Waals surface area (Å²) in [5.41, 5.74) is 1.76. The standard InChI is InChI=1S/C16H16FNO3/c17-14-5-7-15(8-6-14)21-11-16(20)18-9-12-1-3-13(10-19)4-2-12/h1-8,19H,9-11H2,(H,18,20). The maximum atomic E-state index is 12.7. The van der Waals surface area contributed by atoms with E-state index in [9.17, 15) is 9.18 Å². The summed E-state index contributed by atoms with van der Waals surface area (Å²) in [6.45, 7) is 0.260. The number of ether oxygens (including phenoxy) is 1. The highest BCUT2D eigenvalue weighted by Crippen LogP contribution is 2.10. The number of hydrogen-bond donors (Lipinski definition) is 2. The van der Waals surface area contributed by atoms with Gasteiger partial charge in [0, 0.05) is 6.54 Å². The number of halogens is 1. The van der Waals surface area contributed by atoms with Crippen LogP contribution < -0.4 is 10.1 Å². The Balaban J connectivity index is 1.75. The first-order valence-electron chi connectivity index (χ1n) is 6.51. The molecule has 0 saturated carbocycles. The number of benzene rings is 2. The maximum absolute atomic E-state index is 12.7. The summed E-state index contributed by atoms with van der Waals surface area (Å²) in [5, 5.41) is 11.6. The molecule has 0 aliphatic rings. The normalized spacial score (nSPS) is 10.2. The molecule has 0 atom stereocenters. The third-order valence-electron chi connectivity index (χ3n) is 2.88. The van der Waals surface area contributed by atoms with Crippen molar-refractivity contribution in [2.45, 2.75) is 13.2 Å². The molecule has 2 N–H and O–H groups in total. The van der Waals surface area contributed by atoms with Crippen molar-refractivity contribution in [3.05, 3.63) is 65.5 Å². The molecule has 0 radical (unpaired) electrons. The Kier molecular flexibility index (Phi) is 5.29. The number of hydrogen-bond acceptors (Lipinski definition) is 3. The third-order valence-corrected chi connectivity index (χ3v) is 2.88. The molecular formula is C16H16FNO3. The summed E-state index contributed by atoms with van der Waals surface area (Å²) in [6.07, 6.45) is 0. The number of amides is 1. The fourth-order valence-corrected chi connectivity index (χ4v) is 1.69. The summed E-state index contributed by atoms with van der Waals surface area (Å²) >= 11 is 0. The van der Waals surface area contributed by atoms with E-state index in [0.29, 0.717) is 12.3 Å². The number of aliphatic hydroxyl groups excluding tert-OH is 1. The van der Waals surface area contributed by atoms with Gasteiger partial charge in [-0.2, -0.15) is 0 Å². The van der Waals surface area contributed by atoms with Crippen LogP contribution >= 0.6 is 0 Å². The van der Waals surface area contributed by atoms with Gasteiger partial charge in [0.2, 0.25) is 0 Å². The lowest BCUT2D eigenvalue weighted by atomic mass is 10.1. The molecule has 21 heavy (non-hydrogen) atoms. The van der Waals surface area contributed by atoms with Crippen LogP contribution in [0.3, 0.4) is 0 Å². The number of carbonyl (C=O) groups is 1. The Bertz CT molecular complexity index is 581. The zero-order valence-corrected chi connectivity index (χ0v) is 11.4. The van der Waals surface area contributed by atoms with Crippen LogP contribution in [-0.4, -0.2) is 17.6 Å². The number of carbonyl (C=O) groups excluding carboxylic acids is 1. The van der Waals surface area contributed by atoms with E-state index in [-0.39, 0.29) is 24.9 Å². The SMILES string of the molecule is O=C(COc1ccc(F)cc1)NCc1ccc(CO)cc1. The van der Waals surface area contributed by atoms with Crippen LogP contribution in [0.4, 0.5) is 4.39 Å². The van der Waals surface area contributed by atoms with Gasteiger partial charge in [-0.05, 0) is 35.4 Å². The first-order valence-corrected chi connectivity index (χ1v) is 6.51. The van der Waals surface area contributed by atoms with Crippen molar-refractivity contribution in [2.24, 2.45) is 0 Å². The van der Waals surface area contributed by atoms with E-state index < -0.39 is 0 Å². The minimum Gasteiger partial charge on any atom is -0.484 e. The molecule has 110 valence electrons. The topological polar surface area (TPSA) is 58.6 Å². The lowest BCUT2D eigenvalue weighted by molar-refractivity contribution is -0.123. The van der Waals surface area contributed by atoms with Crippen molar-refractivity contribution in [1.82, 2.24) is 5.32 Å². The summed E-state index contributed by atoms with van der Waals surface area (Å²) in [6, 6.07) is 12.8. The molecule has 1 amide bonds. The smallest absolute Gasteiger partial charge is 0.258 e. The molecule has 0 bridgehead atoms. The van der Waals surface area contributed by atoms with Crippen LogP contribution in [0.5, 0.6) is 5.75 Å². The average molecular weight is 289 g/mol. The fraction of sp³-hybridized carbons (Fsp3) is 0.188. The molecule has 5 heteroatoms. The van der Waals surface area contributed by atoms with Gasteiger partial charge in [-0.15, -0.1) is 0 Å². The van der Waals surface area contributed by atoms with E-state index in [1.165, 1.54) is 24.3 Å². The van der Waals surface area contributed by atoms with Crippen LogP contribution in [0.25, 0.3) is 0 Å². The van der Waals surface area contributed by atoms with Crippen LogP contribution in [0, 0.1) is 5.82 Å². The van der Waals surface area contributed by atoms with E-state index >= 15 is 0 Å². The second kappa shape index (κ2) is 7.40.